The summed E-state index contributed by atoms with van der Waals surface area (Å²) in [6, 6.07) is -0.243. The number of aliphatic hydroxyl groups excluding tert-OH is 1. The first-order valence-electron chi connectivity index (χ1n) is 24.7. The number of aliphatic hydroxyl groups is 1. The number of carbonyl (C=O) groups is 3. The van der Waals surface area contributed by atoms with Crippen molar-refractivity contribution in [3.8, 4) is 0 Å². The monoisotopic (exact) mass is 913 g/mol. The van der Waals surface area contributed by atoms with Gasteiger partial charge in [0.2, 0.25) is 0 Å². The highest BCUT2D eigenvalue weighted by Crippen LogP contribution is 2.58. The Morgan fingerprint density at radius 3 is 2.12 bits per heavy atom. The summed E-state index contributed by atoms with van der Waals surface area (Å²) in [6.45, 7) is 22.1. The van der Waals surface area contributed by atoms with E-state index in [0.717, 1.165) is 42.6 Å². The van der Waals surface area contributed by atoms with Gasteiger partial charge in [-0.25, -0.2) is 4.68 Å². The minimum Gasteiger partial charge on any atom is -0.488 e. The van der Waals surface area contributed by atoms with E-state index in [4.69, 9.17) is 38.4 Å². The van der Waals surface area contributed by atoms with E-state index in [1.807, 2.05) is 66.7 Å². The van der Waals surface area contributed by atoms with Crippen molar-refractivity contribution in [2.24, 2.45) is 47.3 Å². The van der Waals surface area contributed by atoms with Gasteiger partial charge in [0.15, 0.2) is 18.0 Å². The Kier molecular flexibility index (Phi) is 14.6. The second kappa shape index (κ2) is 19.1. The number of cyclic esters (lactones) is 1. The number of hydrogen-bond acceptors (Lipinski definition) is 14. The lowest BCUT2D eigenvalue weighted by Crippen LogP contribution is -2.59. The van der Waals surface area contributed by atoms with Crippen LogP contribution in [0.25, 0.3) is 0 Å². The van der Waals surface area contributed by atoms with Gasteiger partial charge in [-0.3, -0.25) is 14.4 Å². The summed E-state index contributed by atoms with van der Waals surface area (Å²) in [4.78, 5) is 44.3. The van der Waals surface area contributed by atoms with Gasteiger partial charge in [-0.1, -0.05) is 53.7 Å². The molecule has 0 radical (unpaired) electrons. The van der Waals surface area contributed by atoms with Crippen LogP contribution in [-0.2, 0) is 59.7 Å². The fourth-order valence-electron chi connectivity index (χ4n) is 13.0. The lowest BCUT2D eigenvalue weighted by molar-refractivity contribution is -0.299. The molecular formula is C50H80N4O11. The van der Waals surface area contributed by atoms with Gasteiger partial charge in [-0.2, -0.15) is 0 Å². The van der Waals surface area contributed by atoms with E-state index in [1.54, 1.807) is 41.5 Å². The van der Waals surface area contributed by atoms with Crippen molar-refractivity contribution in [2.75, 3.05) is 14.1 Å². The van der Waals surface area contributed by atoms with Crippen molar-refractivity contribution in [3.05, 3.63) is 23.2 Å². The van der Waals surface area contributed by atoms with Gasteiger partial charge in [0.05, 0.1) is 54.2 Å². The van der Waals surface area contributed by atoms with Gasteiger partial charge in [-0.15, -0.1) is 5.10 Å². The predicted molar refractivity (Wildman–Crippen MR) is 241 cm³/mol. The molecule has 2 saturated heterocycles. The molecule has 3 aliphatic heterocycles. The summed E-state index contributed by atoms with van der Waals surface area (Å²) in [5.41, 5.74) is -1.22. The highest BCUT2D eigenvalue weighted by Gasteiger charge is 2.58. The van der Waals surface area contributed by atoms with E-state index in [2.05, 4.69) is 9.78 Å². The number of aromatic nitrogens is 3. The van der Waals surface area contributed by atoms with E-state index in [1.165, 1.54) is 19.3 Å². The quantitative estimate of drug-likeness (QED) is 0.166. The van der Waals surface area contributed by atoms with Crippen LogP contribution in [0.1, 0.15) is 147 Å². The molecule has 4 heterocycles. The molecule has 4 saturated carbocycles. The molecule has 0 aromatic carbocycles. The molecule has 0 unspecified atom stereocenters. The number of carbonyl (C=O) groups excluding carboxylic acids is 3. The Bertz CT molecular complexity index is 1880. The zero-order valence-corrected chi connectivity index (χ0v) is 41.7. The van der Waals surface area contributed by atoms with Gasteiger partial charge in [0.25, 0.3) is 0 Å². The first-order valence-corrected chi connectivity index (χ1v) is 24.7. The minimum absolute atomic E-state index is 0.0202. The zero-order chi connectivity index (χ0) is 47.5. The second-order valence-corrected chi connectivity index (χ2v) is 22.5. The highest BCUT2D eigenvalue weighted by atomic mass is 16.7. The Hall–Kier alpha value is -3.11. The number of nitrogens with zero attached hydrogens (tertiary/aromatic N) is 4. The Balaban J connectivity index is 1.30. The Morgan fingerprint density at radius 1 is 0.938 bits per heavy atom. The molecule has 1 aromatic heterocycles. The van der Waals surface area contributed by atoms with Crippen molar-refractivity contribution in [1.82, 2.24) is 19.9 Å². The third kappa shape index (κ3) is 9.79. The minimum atomic E-state index is -1.65. The number of hydrogen-bond donors (Lipinski definition) is 1. The van der Waals surface area contributed by atoms with Crippen LogP contribution in [0.4, 0.5) is 0 Å². The van der Waals surface area contributed by atoms with Crippen LogP contribution in [0, 0.1) is 47.3 Å². The molecule has 0 amide bonds. The van der Waals surface area contributed by atoms with E-state index < -0.39 is 95.5 Å². The number of rotatable bonds is 12. The molecule has 13 atom stereocenters. The molecule has 0 spiro atoms. The molecule has 6 fully saturated rings. The first-order chi connectivity index (χ1) is 30.5. The van der Waals surface area contributed by atoms with Gasteiger partial charge < -0.3 is 43.2 Å². The lowest BCUT2D eigenvalue weighted by Gasteiger charge is -2.56. The smallest absolute Gasteiger partial charge is 0.311 e. The normalized spacial score (nSPS) is 42.1. The fraction of sp³-hybridized carbons (Fsp3) is 0.860. The number of esters is 3. The molecule has 7 aliphatic rings. The van der Waals surface area contributed by atoms with E-state index in [-0.39, 0.29) is 30.7 Å². The summed E-state index contributed by atoms with van der Waals surface area (Å²) in [5, 5.41) is 21.3. The van der Waals surface area contributed by atoms with Crippen molar-refractivity contribution in [2.45, 2.75) is 213 Å². The van der Waals surface area contributed by atoms with Crippen LogP contribution in [-0.4, -0.2) is 117 Å². The largest absolute Gasteiger partial charge is 0.488 e. The molecule has 4 aliphatic carbocycles. The van der Waals surface area contributed by atoms with Crippen LogP contribution in [0.2, 0.25) is 0 Å². The summed E-state index contributed by atoms with van der Waals surface area (Å²) in [6.07, 6.45) is 4.49. The molecule has 6 bridgehead atoms. The summed E-state index contributed by atoms with van der Waals surface area (Å²) in [5.74, 6) is -2.05. The van der Waals surface area contributed by atoms with Gasteiger partial charge >= 0.3 is 17.9 Å². The van der Waals surface area contributed by atoms with Crippen molar-refractivity contribution in [3.63, 3.8) is 0 Å². The number of ether oxygens (including phenoxy) is 7. The SMILES string of the molecule is CC[C@H]1OC(=O)[C@H](C)[C@@H](OCc2cn(C34CC5CC(CC(C5)C3)C4)nn2)[C@H](C)[C@@H](O[C@@H]2O[C@H](C)C[C@H](N(C)C)[C@H]2O)[C@@]2(C)CC(C)=C(O2)[C@H](C)[C@@H](OC(=O)C(C)C)[C@]1(C)OC(=O)C(C)C. The van der Waals surface area contributed by atoms with Crippen LogP contribution < -0.4 is 0 Å². The standard InChI is InChI=1S/C50H80N4O11/c1-15-38-49(12,65-45(57)27(4)5)43(62-44(56)26(2)3)30(8)40-28(6)20-48(11,64-40)42(63-47-39(55)37(53(13)14)16-29(7)60-47)31(9)41(32(10)46(58)61-38)59-25-36-24-54(52-51-36)50-21-33-17-34(22-50)19-35(18-33)23-50/h24,26-27,29-35,37-39,41-43,47,55H,15-23,25H2,1-14H3/t29-,30+,31+,32-,33?,34?,35?,37+,38-,39-,41+,42-,43-,47+,48-,49-,50?/m1/s1. The molecule has 366 valence electrons. The molecule has 1 N–H and O–H groups in total. The van der Waals surface area contributed by atoms with Crippen LogP contribution in [0.15, 0.2) is 17.5 Å². The molecule has 65 heavy (non-hydrogen) atoms. The molecular weight excluding hydrogens is 833 g/mol. The van der Waals surface area contributed by atoms with E-state index in [0.29, 0.717) is 24.3 Å². The molecule has 15 nitrogen and oxygen atoms in total. The lowest BCUT2D eigenvalue weighted by atomic mass is 9.53. The third-order valence-electron chi connectivity index (χ3n) is 16.1. The average molecular weight is 913 g/mol. The highest BCUT2D eigenvalue weighted by molar-refractivity contribution is 5.75. The van der Waals surface area contributed by atoms with Crippen LogP contribution in [0.3, 0.4) is 0 Å². The van der Waals surface area contributed by atoms with Crippen molar-refractivity contribution in [1.29, 1.82) is 0 Å². The van der Waals surface area contributed by atoms with Crippen LogP contribution >= 0.6 is 0 Å². The zero-order valence-electron chi connectivity index (χ0n) is 41.7. The summed E-state index contributed by atoms with van der Waals surface area (Å²) in [7, 11) is 3.86. The number of fused-ring (bicyclic) bond motifs is 2. The summed E-state index contributed by atoms with van der Waals surface area (Å²) < 4.78 is 49.1. The maximum Gasteiger partial charge on any atom is 0.311 e. The Morgan fingerprint density at radius 2 is 1.55 bits per heavy atom. The molecule has 1 aromatic rings. The second-order valence-electron chi connectivity index (χ2n) is 22.5. The van der Waals surface area contributed by atoms with Gasteiger partial charge in [-0.05, 0) is 123 Å². The average Bonchev–Trinajstić information content (AvgIpc) is 3.84. The molecule has 15 heteroatoms. The first kappa shape index (κ1) is 49.8. The van der Waals surface area contributed by atoms with Crippen molar-refractivity contribution < 1.29 is 52.6 Å². The third-order valence-corrected chi connectivity index (χ3v) is 16.1. The maximum atomic E-state index is 14.9. The summed E-state index contributed by atoms with van der Waals surface area (Å²) >= 11 is 0. The van der Waals surface area contributed by atoms with E-state index in [9.17, 15) is 19.5 Å². The fourth-order valence-corrected chi connectivity index (χ4v) is 13.0. The van der Waals surface area contributed by atoms with Gasteiger partial charge in [0, 0.05) is 18.4 Å². The number of likely N-dealkylation sites (N-methyl/N-ethyl adjacent to an activating group) is 1. The van der Waals surface area contributed by atoms with E-state index >= 15 is 0 Å². The van der Waals surface area contributed by atoms with Crippen molar-refractivity contribution >= 4 is 17.9 Å². The molecule has 8 rings (SSSR count). The maximum absolute atomic E-state index is 14.9. The topological polar surface area (TPSA) is 170 Å². The van der Waals surface area contributed by atoms with Gasteiger partial charge in [0.1, 0.15) is 35.4 Å². The predicted octanol–water partition coefficient (Wildman–Crippen LogP) is 7.12. The Labute approximate surface area is 387 Å². The van der Waals surface area contributed by atoms with Crippen LogP contribution in [0.5, 0.6) is 0 Å².